The van der Waals surface area contributed by atoms with Gasteiger partial charge in [-0.05, 0) is 56.6 Å². The van der Waals surface area contributed by atoms with Crippen LogP contribution in [0.3, 0.4) is 0 Å². The van der Waals surface area contributed by atoms with Crippen molar-refractivity contribution in [3.05, 3.63) is 47.4 Å². The fourth-order valence-electron chi connectivity index (χ4n) is 3.23. The fraction of sp³-hybridized carbons (Fsp3) is 0.500. The first kappa shape index (κ1) is 22.8. The van der Waals surface area contributed by atoms with Crippen molar-refractivity contribution in [1.82, 2.24) is 10.2 Å². The highest BCUT2D eigenvalue weighted by atomic mass is 16.5. The summed E-state index contributed by atoms with van der Waals surface area (Å²) in [5.41, 5.74) is 0.925. The van der Waals surface area contributed by atoms with Crippen molar-refractivity contribution in [2.45, 2.75) is 39.4 Å². The van der Waals surface area contributed by atoms with Crippen LogP contribution in [0.25, 0.3) is 0 Å². The lowest BCUT2D eigenvalue weighted by atomic mass is 10.1. The molecule has 0 bridgehead atoms. The Labute approximate surface area is 172 Å². The van der Waals surface area contributed by atoms with Crippen LogP contribution in [0.2, 0.25) is 0 Å². The average molecular weight is 405 g/mol. The highest BCUT2D eigenvalue weighted by molar-refractivity contribution is 5.86. The summed E-state index contributed by atoms with van der Waals surface area (Å²) < 4.78 is 20.9. The molecule has 160 valence electrons. The van der Waals surface area contributed by atoms with E-state index >= 15 is 0 Å². The normalized spacial score (nSPS) is 11.6. The molecule has 1 N–H and O–H groups in total. The summed E-state index contributed by atoms with van der Waals surface area (Å²) in [4.78, 5) is 13.9. The van der Waals surface area contributed by atoms with Crippen molar-refractivity contribution in [3.63, 3.8) is 0 Å². The summed E-state index contributed by atoms with van der Waals surface area (Å²) in [6.07, 6.45) is 0.881. The summed E-state index contributed by atoms with van der Waals surface area (Å²) in [7, 11) is 4.62. The van der Waals surface area contributed by atoms with Gasteiger partial charge in [-0.25, -0.2) is 4.79 Å². The van der Waals surface area contributed by atoms with E-state index in [2.05, 4.69) is 41.8 Å². The Bertz CT molecular complexity index is 800. The molecule has 0 saturated heterocycles. The second kappa shape index (κ2) is 10.3. The molecule has 1 heterocycles. The number of esters is 1. The van der Waals surface area contributed by atoms with Crippen LogP contribution in [0.15, 0.2) is 34.7 Å². The van der Waals surface area contributed by atoms with Crippen molar-refractivity contribution in [1.29, 1.82) is 0 Å². The second-order valence-electron chi connectivity index (χ2n) is 7.19. The van der Waals surface area contributed by atoms with E-state index in [9.17, 15) is 4.79 Å². The standard InChI is InChI=1S/C22H32N2O5/c1-7-24(13-12-16-8-10-18(26-4)20(14-16)27-5)22(2,3)23-15-17-9-11-19(29-17)21(25)28-6/h8-11,14,23H,7,12-13,15H2,1-6H3. The molecule has 0 aliphatic rings. The van der Waals surface area contributed by atoms with Crippen LogP contribution < -0.4 is 14.8 Å². The fourth-order valence-corrected chi connectivity index (χ4v) is 3.23. The first-order valence-electron chi connectivity index (χ1n) is 9.72. The van der Waals surface area contributed by atoms with E-state index in [4.69, 9.17) is 13.9 Å². The Hall–Kier alpha value is -2.51. The van der Waals surface area contributed by atoms with Gasteiger partial charge in [0.2, 0.25) is 5.76 Å². The number of likely N-dealkylation sites (N-methyl/N-ethyl adjacent to an activating group) is 1. The van der Waals surface area contributed by atoms with Gasteiger partial charge in [-0.2, -0.15) is 0 Å². The topological polar surface area (TPSA) is 73.2 Å². The Morgan fingerprint density at radius 1 is 1.10 bits per heavy atom. The molecule has 29 heavy (non-hydrogen) atoms. The lowest BCUT2D eigenvalue weighted by molar-refractivity contribution is 0.0561. The second-order valence-corrected chi connectivity index (χ2v) is 7.19. The lowest BCUT2D eigenvalue weighted by Crippen LogP contribution is -2.54. The van der Waals surface area contributed by atoms with Gasteiger partial charge < -0.3 is 18.6 Å². The predicted octanol–water partition coefficient (Wildman–Crippen LogP) is 3.47. The predicted molar refractivity (Wildman–Crippen MR) is 111 cm³/mol. The molecule has 2 rings (SSSR count). The molecule has 0 aliphatic carbocycles. The molecule has 0 atom stereocenters. The third-order valence-electron chi connectivity index (χ3n) is 5.03. The van der Waals surface area contributed by atoms with Gasteiger partial charge in [0, 0.05) is 6.54 Å². The zero-order chi connectivity index (χ0) is 21.4. The van der Waals surface area contributed by atoms with Crippen LogP contribution in [0.1, 0.15) is 42.6 Å². The number of carbonyl (C=O) groups is 1. The first-order valence-corrected chi connectivity index (χ1v) is 9.72. The van der Waals surface area contributed by atoms with Gasteiger partial charge in [-0.3, -0.25) is 10.2 Å². The van der Waals surface area contributed by atoms with Crippen molar-refractivity contribution >= 4 is 5.97 Å². The summed E-state index contributed by atoms with van der Waals surface area (Å²) >= 11 is 0. The van der Waals surface area contributed by atoms with Crippen molar-refractivity contribution < 1.29 is 23.4 Å². The molecule has 1 aromatic heterocycles. The van der Waals surface area contributed by atoms with Crippen LogP contribution in [-0.2, 0) is 17.7 Å². The number of nitrogens with one attached hydrogen (secondary N) is 1. The molecule has 2 aromatic rings. The Morgan fingerprint density at radius 3 is 2.45 bits per heavy atom. The van der Waals surface area contributed by atoms with Gasteiger partial charge in [0.25, 0.3) is 0 Å². The number of rotatable bonds is 11. The molecule has 0 saturated carbocycles. The van der Waals surface area contributed by atoms with Crippen molar-refractivity contribution in [3.8, 4) is 11.5 Å². The lowest BCUT2D eigenvalue weighted by Gasteiger charge is -2.38. The maximum absolute atomic E-state index is 11.5. The number of hydrogen-bond donors (Lipinski definition) is 1. The summed E-state index contributed by atoms with van der Waals surface area (Å²) in [5.74, 6) is 1.90. The molecule has 0 unspecified atom stereocenters. The summed E-state index contributed by atoms with van der Waals surface area (Å²) in [5, 5.41) is 3.51. The van der Waals surface area contributed by atoms with E-state index < -0.39 is 5.97 Å². The molecule has 0 amide bonds. The molecule has 0 radical (unpaired) electrons. The van der Waals surface area contributed by atoms with E-state index in [1.165, 1.54) is 12.7 Å². The van der Waals surface area contributed by atoms with Crippen LogP contribution in [0, 0.1) is 0 Å². The molecule has 1 aromatic carbocycles. The minimum absolute atomic E-state index is 0.211. The van der Waals surface area contributed by atoms with Crippen LogP contribution in [0.5, 0.6) is 11.5 Å². The third-order valence-corrected chi connectivity index (χ3v) is 5.03. The maximum atomic E-state index is 11.5. The maximum Gasteiger partial charge on any atom is 0.373 e. The number of carbonyl (C=O) groups excluding carboxylic acids is 1. The molecular weight excluding hydrogens is 372 g/mol. The Kier molecular flexibility index (Phi) is 8.10. The van der Waals surface area contributed by atoms with Gasteiger partial charge in [-0.1, -0.05) is 13.0 Å². The molecular formula is C22H32N2O5. The zero-order valence-electron chi connectivity index (χ0n) is 18.2. The van der Waals surface area contributed by atoms with E-state index in [0.29, 0.717) is 12.3 Å². The molecule has 0 aliphatic heterocycles. The first-order chi connectivity index (χ1) is 13.8. The van der Waals surface area contributed by atoms with E-state index in [-0.39, 0.29) is 11.4 Å². The van der Waals surface area contributed by atoms with Crippen molar-refractivity contribution in [2.75, 3.05) is 34.4 Å². The SMILES string of the molecule is CCN(CCc1ccc(OC)c(OC)c1)C(C)(C)NCc1ccc(C(=O)OC)o1. The minimum Gasteiger partial charge on any atom is -0.493 e. The number of benzene rings is 1. The number of ether oxygens (including phenoxy) is 3. The Balaban J connectivity index is 1.96. The number of hydrogen-bond acceptors (Lipinski definition) is 7. The van der Waals surface area contributed by atoms with E-state index in [0.717, 1.165) is 31.0 Å². The van der Waals surface area contributed by atoms with Gasteiger partial charge in [0.05, 0.1) is 33.5 Å². The van der Waals surface area contributed by atoms with E-state index in [1.807, 2.05) is 12.1 Å². The largest absolute Gasteiger partial charge is 0.493 e. The molecule has 0 fully saturated rings. The number of nitrogens with zero attached hydrogens (tertiary/aromatic N) is 1. The molecule has 7 heteroatoms. The smallest absolute Gasteiger partial charge is 0.373 e. The van der Waals surface area contributed by atoms with Crippen LogP contribution >= 0.6 is 0 Å². The molecule has 0 spiro atoms. The number of furan rings is 1. The van der Waals surface area contributed by atoms with Gasteiger partial charge in [0.1, 0.15) is 5.76 Å². The Morgan fingerprint density at radius 2 is 1.83 bits per heavy atom. The highest BCUT2D eigenvalue weighted by Crippen LogP contribution is 2.28. The van der Waals surface area contributed by atoms with Gasteiger partial charge in [0.15, 0.2) is 11.5 Å². The van der Waals surface area contributed by atoms with Crippen LogP contribution in [0.4, 0.5) is 0 Å². The average Bonchev–Trinajstić information content (AvgIpc) is 3.21. The zero-order valence-corrected chi connectivity index (χ0v) is 18.2. The minimum atomic E-state index is -0.472. The third kappa shape index (κ3) is 5.98. The van der Waals surface area contributed by atoms with Crippen LogP contribution in [-0.4, -0.2) is 51.0 Å². The monoisotopic (exact) mass is 404 g/mol. The number of methoxy groups -OCH3 is 3. The quantitative estimate of drug-likeness (QED) is 0.454. The van der Waals surface area contributed by atoms with E-state index in [1.54, 1.807) is 26.4 Å². The van der Waals surface area contributed by atoms with Gasteiger partial charge in [-0.15, -0.1) is 0 Å². The van der Waals surface area contributed by atoms with Crippen molar-refractivity contribution in [2.24, 2.45) is 0 Å². The summed E-state index contributed by atoms with van der Waals surface area (Å²) in [6, 6.07) is 9.43. The molecule has 7 nitrogen and oxygen atoms in total. The summed E-state index contributed by atoms with van der Waals surface area (Å²) in [6.45, 7) is 8.68. The highest BCUT2D eigenvalue weighted by Gasteiger charge is 2.25. The van der Waals surface area contributed by atoms with Gasteiger partial charge >= 0.3 is 5.97 Å².